The van der Waals surface area contributed by atoms with E-state index in [1.54, 1.807) is 0 Å². The van der Waals surface area contributed by atoms with Gasteiger partial charge in [0.15, 0.2) is 0 Å². The molecule has 12 heavy (non-hydrogen) atoms. The van der Waals surface area contributed by atoms with Gasteiger partial charge in [-0.2, -0.15) is 0 Å². The first kappa shape index (κ1) is 14.6. The standard InChI is InChI=1S/C4H7NO.Mg.H2O4S/c6-4-2-1-3-5-4;;1-5(2,3)4/h1-3H2,(H,5,6);;(H2,1,2,3,4)/q;+2;/p-2. The van der Waals surface area contributed by atoms with E-state index in [2.05, 4.69) is 5.32 Å². The van der Waals surface area contributed by atoms with E-state index in [0.717, 1.165) is 19.4 Å². The van der Waals surface area contributed by atoms with Crippen LogP contribution in [0.4, 0.5) is 0 Å². The quantitative estimate of drug-likeness (QED) is 0.284. The summed E-state index contributed by atoms with van der Waals surface area (Å²) in [4.78, 5) is 10.1. The molecule has 66 valence electrons. The molecule has 1 heterocycles. The molecule has 1 aliphatic heterocycles. The minimum absolute atomic E-state index is 0. The minimum atomic E-state index is -5.17. The molecule has 6 nitrogen and oxygen atoms in total. The van der Waals surface area contributed by atoms with Gasteiger partial charge < -0.3 is 14.4 Å². The Kier molecular flexibility index (Phi) is 8.05. The van der Waals surface area contributed by atoms with E-state index in [9.17, 15) is 4.79 Å². The van der Waals surface area contributed by atoms with Crippen LogP contribution in [0.25, 0.3) is 0 Å². The summed E-state index contributed by atoms with van der Waals surface area (Å²) in [5.74, 6) is 0.204. The molecule has 1 aliphatic rings. The van der Waals surface area contributed by atoms with Crippen molar-refractivity contribution in [3.63, 3.8) is 0 Å². The summed E-state index contributed by atoms with van der Waals surface area (Å²) in [7, 11) is -5.17. The Hall–Kier alpha value is 0.106. The molecule has 0 saturated carbocycles. The topological polar surface area (TPSA) is 109 Å². The van der Waals surface area contributed by atoms with E-state index in [1.807, 2.05) is 0 Å². The number of carbonyl (C=O) groups is 1. The molecule has 0 radical (unpaired) electrons. The largest absolute Gasteiger partial charge is 2.00 e. The summed E-state index contributed by atoms with van der Waals surface area (Å²) >= 11 is 0. The molecule has 0 atom stereocenters. The van der Waals surface area contributed by atoms with Gasteiger partial charge in [0.2, 0.25) is 5.91 Å². The van der Waals surface area contributed by atoms with Crippen molar-refractivity contribution in [3.05, 3.63) is 0 Å². The first-order chi connectivity index (χ1) is 4.89. The molecule has 1 saturated heterocycles. The van der Waals surface area contributed by atoms with Crippen molar-refractivity contribution in [1.29, 1.82) is 0 Å². The van der Waals surface area contributed by atoms with Gasteiger partial charge in [-0.05, 0) is 6.42 Å². The SMILES string of the molecule is O=C1CCCN1.O=S(=O)([O-])[O-].[Mg+2]. The molecule has 1 fully saturated rings. The summed E-state index contributed by atoms with van der Waals surface area (Å²) in [6.45, 7) is 0.888. The number of carbonyl (C=O) groups excluding carboxylic acids is 1. The average molecular weight is 205 g/mol. The summed E-state index contributed by atoms with van der Waals surface area (Å²) in [5, 5.41) is 2.68. The molecule has 0 aromatic rings. The second-order valence-corrected chi connectivity index (χ2v) is 2.68. The molecule has 0 bridgehead atoms. The van der Waals surface area contributed by atoms with Crippen LogP contribution >= 0.6 is 0 Å². The van der Waals surface area contributed by atoms with Crippen LogP contribution in [-0.4, -0.2) is 53.0 Å². The predicted molar refractivity (Wildman–Crippen MR) is 38.5 cm³/mol. The summed E-state index contributed by atoms with van der Waals surface area (Å²) < 4.78 is 34.1. The van der Waals surface area contributed by atoms with Gasteiger partial charge in [-0.1, -0.05) is 0 Å². The Bertz CT molecular complexity index is 210. The molecule has 8 heteroatoms. The maximum Gasteiger partial charge on any atom is 2.00 e. The van der Waals surface area contributed by atoms with Gasteiger partial charge in [0.1, 0.15) is 0 Å². The third kappa shape index (κ3) is 16.6. The fourth-order valence-electron chi connectivity index (χ4n) is 0.565. The van der Waals surface area contributed by atoms with Crippen LogP contribution in [0.1, 0.15) is 12.8 Å². The van der Waals surface area contributed by atoms with Crippen molar-refractivity contribution >= 4 is 39.4 Å². The Morgan fingerprint density at radius 1 is 1.33 bits per heavy atom. The molecule has 1 rings (SSSR count). The first-order valence-corrected chi connectivity index (χ1v) is 4.16. The number of hydrogen-bond acceptors (Lipinski definition) is 5. The van der Waals surface area contributed by atoms with E-state index < -0.39 is 10.4 Å². The van der Waals surface area contributed by atoms with Crippen LogP contribution in [0.15, 0.2) is 0 Å². The zero-order valence-electron chi connectivity index (χ0n) is 6.28. The second kappa shape index (κ2) is 6.60. The molecule has 1 N–H and O–H groups in total. The predicted octanol–water partition coefficient (Wildman–Crippen LogP) is -1.82. The van der Waals surface area contributed by atoms with Crippen LogP contribution in [-0.2, 0) is 15.2 Å². The molecule has 0 aliphatic carbocycles. The molecule has 0 unspecified atom stereocenters. The zero-order chi connectivity index (χ0) is 8.91. The Morgan fingerprint density at radius 2 is 1.75 bits per heavy atom. The number of hydrogen-bond donors (Lipinski definition) is 1. The molecular formula is C4H7MgNO5S. The zero-order valence-corrected chi connectivity index (χ0v) is 8.51. The van der Waals surface area contributed by atoms with Gasteiger partial charge in [-0.3, -0.25) is 13.2 Å². The number of nitrogens with one attached hydrogen (secondary N) is 1. The monoisotopic (exact) mass is 205 g/mol. The normalized spacial score (nSPS) is 15.3. The molecule has 0 aromatic carbocycles. The molecule has 0 spiro atoms. The summed E-state index contributed by atoms with van der Waals surface area (Å²) in [6, 6.07) is 0. The molecule has 0 aromatic heterocycles. The fraction of sp³-hybridized carbons (Fsp3) is 0.750. The summed E-state index contributed by atoms with van der Waals surface area (Å²) in [5.41, 5.74) is 0. The van der Waals surface area contributed by atoms with Crippen molar-refractivity contribution in [1.82, 2.24) is 5.32 Å². The van der Waals surface area contributed by atoms with Crippen LogP contribution < -0.4 is 5.32 Å². The van der Waals surface area contributed by atoms with Gasteiger partial charge in [-0.25, -0.2) is 0 Å². The van der Waals surface area contributed by atoms with Crippen LogP contribution in [0.2, 0.25) is 0 Å². The van der Waals surface area contributed by atoms with E-state index in [4.69, 9.17) is 17.5 Å². The molecular weight excluding hydrogens is 198 g/mol. The van der Waals surface area contributed by atoms with E-state index >= 15 is 0 Å². The maximum atomic E-state index is 10.1. The van der Waals surface area contributed by atoms with Crippen molar-refractivity contribution < 1.29 is 22.3 Å². The van der Waals surface area contributed by atoms with Crippen molar-refractivity contribution in [2.75, 3.05) is 6.54 Å². The number of amides is 1. The van der Waals surface area contributed by atoms with E-state index in [-0.39, 0.29) is 29.0 Å². The Morgan fingerprint density at radius 3 is 1.83 bits per heavy atom. The van der Waals surface area contributed by atoms with Gasteiger partial charge in [0.05, 0.1) is 0 Å². The second-order valence-electron chi connectivity index (χ2n) is 1.86. The third-order valence-corrected chi connectivity index (χ3v) is 0.903. The average Bonchev–Trinajstić information content (AvgIpc) is 2.12. The smallest absolute Gasteiger partial charge is 0.759 e. The molecule has 1 amide bonds. The Labute approximate surface area is 86.4 Å². The van der Waals surface area contributed by atoms with E-state index in [1.165, 1.54) is 0 Å². The summed E-state index contributed by atoms with van der Waals surface area (Å²) in [6.07, 6.45) is 1.76. The maximum absolute atomic E-state index is 10.1. The van der Waals surface area contributed by atoms with Crippen LogP contribution in [0.5, 0.6) is 0 Å². The fourth-order valence-corrected chi connectivity index (χ4v) is 0.565. The minimum Gasteiger partial charge on any atom is -0.759 e. The van der Waals surface area contributed by atoms with Gasteiger partial charge in [-0.15, -0.1) is 0 Å². The van der Waals surface area contributed by atoms with Crippen LogP contribution in [0, 0.1) is 0 Å². The van der Waals surface area contributed by atoms with E-state index in [0.29, 0.717) is 0 Å². The number of rotatable bonds is 0. The van der Waals surface area contributed by atoms with Crippen molar-refractivity contribution in [2.24, 2.45) is 0 Å². The van der Waals surface area contributed by atoms with Gasteiger partial charge >= 0.3 is 23.1 Å². The van der Waals surface area contributed by atoms with Gasteiger partial charge in [0, 0.05) is 23.4 Å². The Balaban J connectivity index is 0. The van der Waals surface area contributed by atoms with Crippen molar-refractivity contribution in [2.45, 2.75) is 12.8 Å². The third-order valence-electron chi connectivity index (χ3n) is 0.903. The van der Waals surface area contributed by atoms with Crippen molar-refractivity contribution in [3.8, 4) is 0 Å². The first-order valence-electron chi connectivity index (χ1n) is 2.83. The van der Waals surface area contributed by atoms with Crippen LogP contribution in [0.3, 0.4) is 0 Å². The van der Waals surface area contributed by atoms with Gasteiger partial charge in [0.25, 0.3) is 0 Å².